The van der Waals surface area contributed by atoms with E-state index in [1.807, 2.05) is 0 Å². The Morgan fingerprint density at radius 2 is 0.769 bits per heavy atom. The fourth-order valence-corrected chi connectivity index (χ4v) is 0. The van der Waals surface area contributed by atoms with Crippen molar-refractivity contribution < 1.29 is 98.1 Å². The molecule has 0 aliphatic carbocycles. The Morgan fingerprint density at radius 1 is 0.692 bits per heavy atom. The molecule has 0 N–H and O–H groups in total. The van der Waals surface area contributed by atoms with Crippen LogP contribution in [-0.2, 0) is 98.1 Å². The van der Waals surface area contributed by atoms with Gasteiger partial charge in [0, 0.05) is 98.1 Å². The summed E-state index contributed by atoms with van der Waals surface area (Å²) >= 11 is 0. The Bertz CT molecular complexity index is 39.9. The molecule has 0 rings (SSSR count). The van der Waals surface area contributed by atoms with Crippen molar-refractivity contribution in [1.82, 2.24) is 0 Å². The standard InChI is InChI=1S/C6H13.4CH4.3Y/c1-5-6(2,3)4;;;;;;;/h5H,1-4H3;4*1H4;;;/q-1;;;;;;;. The van der Waals surface area contributed by atoms with Gasteiger partial charge >= 0.3 is 0 Å². The quantitative estimate of drug-likeness (QED) is 0.499. The van der Waals surface area contributed by atoms with E-state index in [0.717, 1.165) is 0 Å². The van der Waals surface area contributed by atoms with Crippen molar-refractivity contribution in [1.29, 1.82) is 0 Å². The predicted octanol–water partition coefficient (Wildman–Crippen LogP) is 4.79. The molecule has 0 fully saturated rings. The molecule has 0 nitrogen and oxygen atoms in total. The average Bonchev–Trinajstić information content (AvgIpc) is 1.35. The molecule has 0 aromatic carbocycles. The van der Waals surface area contributed by atoms with Crippen LogP contribution in [0.1, 0.15) is 57.4 Å². The zero-order chi connectivity index (χ0) is 5.21. The van der Waals surface area contributed by atoms with Crippen molar-refractivity contribution in [3.05, 3.63) is 6.42 Å². The third-order valence-corrected chi connectivity index (χ3v) is 0.866. The van der Waals surface area contributed by atoms with Crippen LogP contribution in [0.4, 0.5) is 0 Å². The fourth-order valence-electron chi connectivity index (χ4n) is 0. The van der Waals surface area contributed by atoms with Crippen molar-refractivity contribution in [2.45, 2.75) is 57.4 Å². The second-order valence-corrected chi connectivity index (χ2v) is 2.65. The van der Waals surface area contributed by atoms with E-state index in [-0.39, 0.29) is 128 Å². The molecule has 0 saturated heterocycles. The van der Waals surface area contributed by atoms with E-state index in [2.05, 4.69) is 34.1 Å². The topological polar surface area (TPSA) is 0 Å². The van der Waals surface area contributed by atoms with Gasteiger partial charge in [0.05, 0.1) is 0 Å². The summed E-state index contributed by atoms with van der Waals surface area (Å²) in [6.45, 7) is 8.65. The van der Waals surface area contributed by atoms with Crippen LogP contribution in [-0.4, -0.2) is 0 Å². The first-order chi connectivity index (χ1) is 2.56. The fraction of sp³-hybridized carbons (Fsp3) is 0.900. The summed E-state index contributed by atoms with van der Waals surface area (Å²) in [6.07, 6.45) is 2.19. The number of hydrogen-bond donors (Lipinski definition) is 0. The van der Waals surface area contributed by atoms with Crippen molar-refractivity contribution in [3.8, 4) is 0 Å². The van der Waals surface area contributed by atoms with Crippen LogP contribution in [0.5, 0.6) is 0 Å². The Kier molecular flexibility index (Phi) is 126. The summed E-state index contributed by atoms with van der Waals surface area (Å²) in [5.41, 5.74) is 0.417. The van der Waals surface area contributed by atoms with Crippen molar-refractivity contribution in [2.75, 3.05) is 0 Å². The van der Waals surface area contributed by atoms with Gasteiger partial charge in [-0.3, -0.25) is 0 Å². The molecule has 0 spiro atoms. The van der Waals surface area contributed by atoms with E-state index in [1.54, 1.807) is 0 Å². The molecule has 13 heavy (non-hydrogen) atoms. The Balaban J connectivity index is -0.00000000595. The Hall–Kier alpha value is 3.31. The molecular weight excluding hydrogens is 387 g/mol. The first kappa shape index (κ1) is 55.4. The minimum absolute atomic E-state index is 0. The summed E-state index contributed by atoms with van der Waals surface area (Å²) in [5.74, 6) is 0. The summed E-state index contributed by atoms with van der Waals surface area (Å²) in [6, 6.07) is 0. The van der Waals surface area contributed by atoms with E-state index in [0.29, 0.717) is 5.41 Å². The van der Waals surface area contributed by atoms with E-state index >= 15 is 0 Å². The zero-order valence-corrected chi connectivity index (χ0v) is 15.3. The van der Waals surface area contributed by atoms with Gasteiger partial charge in [-0.05, 0) is 0 Å². The van der Waals surface area contributed by atoms with Crippen LogP contribution in [0.15, 0.2) is 0 Å². The minimum Gasteiger partial charge on any atom is -0.326 e. The van der Waals surface area contributed by atoms with Gasteiger partial charge in [-0.25, -0.2) is 0 Å². The maximum absolute atomic E-state index is 2.19. The molecule has 0 aromatic rings. The van der Waals surface area contributed by atoms with Crippen LogP contribution >= 0.6 is 0 Å². The third kappa shape index (κ3) is 68.1. The predicted molar refractivity (Wildman–Crippen MR) is 56.4 cm³/mol. The van der Waals surface area contributed by atoms with Crippen molar-refractivity contribution >= 4 is 0 Å². The summed E-state index contributed by atoms with van der Waals surface area (Å²) in [4.78, 5) is 0. The molecule has 3 heteroatoms. The molecule has 0 amide bonds. The van der Waals surface area contributed by atoms with E-state index in [9.17, 15) is 0 Å². The van der Waals surface area contributed by atoms with Gasteiger partial charge in [-0.15, -0.1) is 0 Å². The Morgan fingerprint density at radius 3 is 0.769 bits per heavy atom. The molecule has 0 bridgehead atoms. The normalized spacial score (nSPS) is 5.54. The van der Waals surface area contributed by atoms with Gasteiger partial charge in [0.15, 0.2) is 0 Å². The molecular formula is C10H29Y3-. The van der Waals surface area contributed by atoms with E-state index in [1.165, 1.54) is 0 Å². The van der Waals surface area contributed by atoms with Gasteiger partial charge in [0.1, 0.15) is 0 Å². The molecule has 0 aliphatic rings. The monoisotopic (exact) mass is 416 g/mol. The van der Waals surface area contributed by atoms with E-state index in [4.69, 9.17) is 0 Å². The molecule has 0 saturated carbocycles. The van der Waals surface area contributed by atoms with Gasteiger partial charge in [-0.1, -0.05) is 50.5 Å². The largest absolute Gasteiger partial charge is 0.326 e. The smallest absolute Gasteiger partial charge is 0 e. The molecule has 0 unspecified atom stereocenters. The molecule has 79 valence electrons. The SMILES string of the molecule is C.C.C.C.C[CH-]C(C)(C)C.[Y].[Y].[Y]. The molecule has 0 atom stereocenters. The molecule has 0 heterocycles. The third-order valence-electron chi connectivity index (χ3n) is 0.866. The molecule has 0 aromatic heterocycles. The van der Waals surface area contributed by atoms with Gasteiger partial charge < -0.3 is 6.42 Å². The summed E-state index contributed by atoms with van der Waals surface area (Å²) < 4.78 is 0. The van der Waals surface area contributed by atoms with Gasteiger partial charge in [-0.2, -0.15) is 12.3 Å². The zero-order valence-electron chi connectivity index (χ0n) is 6.81. The van der Waals surface area contributed by atoms with Crippen LogP contribution < -0.4 is 0 Å². The van der Waals surface area contributed by atoms with Crippen LogP contribution in [0, 0.1) is 11.8 Å². The van der Waals surface area contributed by atoms with Crippen LogP contribution in [0.3, 0.4) is 0 Å². The maximum Gasteiger partial charge on any atom is 0 e. The first-order valence-corrected chi connectivity index (χ1v) is 2.37. The van der Waals surface area contributed by atoms with Gasteiger partial charge in [0.25, 0.3) is 0 Å². The maximum atomic E-state index is 2.19. The first-order valence-electron chi connectivity index (χ1n) is 2.37. The molecule has 0 aliphatic heterocycles. The number of hydrogen-bond acceptors (Lipinski definition) is 0. The van der Waals surface area contributed by atoms with E-state index < -0.39 is 0 Å². The Labute approximate surface area is 164 Å². The summed E-state index contributed by atoms with van der Waals surface area (Å²) in [5, 5.41) is 0. The van der Waals surface area contributed by atoms with Crippen molar-refractivity contribution in [2.24, 2.45) is 5.41 Å². The van der Waals surface area contributed by atoms with Crippen LogP contribution in [0.2, 0.25) is 0 Å². The second kappa shape index (κ2) is 29.5. The van der Waals surface area contributed by atoms with Crippen molar-refractivity contribution in [3.63, 3.8) is 0 Å². The van der Waals surface area contributed by atoms with Gasteiger partial charge in [0.2, 0.25) is 0 Å². The average molecular weight is 416 g/mol. The molecule has 3 radical (unpaired) electrons. The van der Waals surface area contributed by atoms with Crippen LogP contribution in [0.25, 0.3) is 0 Å². The minimum atomic E-state index is 0. The number of rotatable bonds is 0. The summed E-state index contributed by atoms with van der Waals surface area (Å²) in [7, 11) is 0. The second-order valence-electron chi connectivity index (χ2n) is 2.65.